The fourth-order valence-corrected chi connectivity index (χ4v) is 3.93. The second-order valence-corrected chi connectivity index (χ2v) is 7.27. The zero-order valence-corrected chi connectivity index (χ0v) is 15.9. The van der Waals surface area contributed by atoms with Crippen molar-refractivity contribution in [3.05, 3.63) is 58.1 Å². The van der Waals surface area contributed by atoms with Gasteiger partial charge in [0.05, 0.1) is 37.0 Å². The van der Waals surface area contributed by atoms with Crippen LogP contribution in [0.1, 0.15) is 26.3 Å². The monoisotopic (exact) mass is 413 g/mol. The van der Waals surface area contributed by atoms with E-state index in [4.69, 9.17) is 11.6 Å². The maximum Gasteiger partial charge on any atom is 0.338 e. The molecule has 2 aromatic rings. The highest BCUT2D eigenvalue weighted by atomic mass is 35.5. The maximum atomic E-state index is 12.6. The summed E-state index contributed by atoms with van der Waals surface area (Å²) in [6.45, 7) is -0.428. The van der Waals surface area contributed by atoms with Gasteiger partial charge in [0, 0.05) is 5.69 Å². The number of esters is 2. The number of anilines is 1. The van der Waals surface area contributed by atoms with E-state index in [1.165, 1.54) is 30.3 Å². The Hall–Kier alpha value is -2.62. The van der Waals surface area contributed by atoms with E-state index >= 15 is 0 Å². The van der Waals surface area contributed by atoms with Crippen molar-refractivity contribution >= 4 is 39.3 Å². The molecule has 27 heavy (non-hydrogen) atoms. The zero-order valence-electron chi connectivity index (χ0n) is 14.4. The van der Waals surface area contributed by atoms with Crippen LogP contribution in [0.5, 0.6) is 0 Å². The largest absolute Gasteiger partial charge is 0.465 e. The molecule has 10 heteroatoms. The van der Waals surface area contributed by atoms with E-state index in [2.05, 4.69) is 14.2 Å². The summed E-state index contributed by atoms with van der Waals surface area (Å²) in [4.78, 5) is 23.5. The molecule has 0 saturated carbocycles. The van der Waals surface area contributed by atoms with E-state index in [1.54, 1.807) is 0 Å². The summed E-state index contributed by atoms with van der Waals surface area (Å²) in [6, 6.07) is 7.88. The minimum absolute atomic E-state index is 0.00789. The van der Waals surface area contributed by atoms with E-state index < -0.39 is 28.6 Å². The van der Waals surface area contributed by atoms with Crippen molar-refractivity contribution < 1.29 is 32.6 Å². The lowest BCUT2D eigenvalue weighted by Gasteiger charge is -2.13. The highest BCUT2D eigenvalue weighted by Gasteiger charge is 2.23. The lowest BCUT2D eigenvalue weighted by atomic mass is 10.1. The number of carbonyl (C=O) groups is 2. The van der Waals surface area contributed by atoms with E-state index in [9.17, 15) is 23.1 Å². The van der Waals surface area contributed by atoms with Gasteiger partial charge in [0.15, 0.2) is 0 Å². The Morgan fingerprint density at radius 2 is 1.70 bits per heavy atom. The molecule has 0 spiro atoms. The van der Waals surface area contributed by atoms with Crippen molar-refractivity contribution in [2.45, 2.75) is 11.5 Å². The predicted molar refractivity (Wildman–Crippen MR) is 97.3 cm³/mol. The highest BCUT2D eigenvalue weighted by Crippen LogP contribution is 2.28. The summed E-state index contributed by atoms with van der Waals surface area (Å²) in [7, 11) is -1.85. The van der Waals surface area contributed by atoms with Crippen LogP contribution < -0.4 is 4.72 Å². The quantitative estimate of drug-likeness (QED) is 0.696. The van der Waals surface area contributed by atoms with Gasteiger partial charge in [-0.2, -0.15) is 0 Å². The summed E-state index contributed by atoms with van der Waals surface area (Å²) in [5.74, 6) is -1.61. The van der Waals surface area contributed by atoms with Crippen LogP contribution in [0, 0.1) is 0 Å². The van der Waals surface area contributed by atoms with Gasteiger partial charge < -0.3 is 14.6 Å². The van der Waals surface area contributed by atoms with E-state index in [0.29, 0.717) is 0 Å². The number of hydrogen-bond acceptors (Lipinski definition) is 7. The molecular weight excluding hydrogens is 398 g/mol. The fourth-order valence-electron chi connectivity index (χ4n) is 2.27. The highest BCUT2D eigenvalue weighted by molar-refractivity contribution is 7.92. The van der Waals surface area contributed by atoms with Crippen LogP contribution in [0.2, 0.25) is 5.02 Å². The Morgan fingerprint density at radius 3 is 2.30 bits per heavy atom. The van der Waals surface area contributed by atoms with Gasteiger partial charge in [0.25, 0.3) is 10.0 Å². The summed E-state index contributed by atoms with van der Waals surface area (Å²) in [5, 5.41) is 9.12. The van der Waals surface area contributed by atoms with E-state index in [0.717, 1.165) is 20.3 Å². The third-order valence-electron chi connectivity index (χ3n) is 3.59. The van der Waals surface area contributed by atoms with Crippen molar-refractivity contribution in [3.8, 4) is 0 Å². The van der Waals surface area contributed by atoms with Gasteiger partial charge >= 0.3 is 11.9 Å². The van der Waals surface area contributed by atoms with Crippen LogP contribution >= 0.6 is 11.6 Å². The molecule has 0 amide bonds. The Labute approximate surface area is 160 Å². The molecule has 2 rings (SSSR count). The second kappa shape index (κ2) is 8.38. The standard InChI is InChI=1S/C17H16ClNO7S/c1-25-16(21)12-7-6-11(8-13(12)17(22)26-2)19-27(23,24)14-5-3-4-10(9-20)15(14)18/h3-8,19-20H,9H2,1-2H3. The molecule has 0 heterocycles. The smallest absolute Gasteiger partial charge is 0.338 e. The maximum absolute atomic E-state index is 12.6. The van der Waals surface area contributed by atoms with Crippen molar-refractivity contribution in [1.29, 1.82) is 0 Å². The minimum Gasteiger partial charge on any atom is -0.465 e. The lowest BCUT2D eigenvalue weighted by molar-refractivity contribution is 0.0555. The van der Waals surface area contributed by atoms with Crippen LogP contribution in [0.25, 0.3) is 0 Å². The fraction of sp³-hybridized carbons (Fsp3) is 0.176. The summed E-state index contributed by atoms with van der Waals surface area (Å²) in [5.41, 5.74) is 0.0108. The number of hydrogen-bond donors (Lipinski definition) is 2. The van der Waals surface area contributed by atoms with Crippen LogP contribution in [0.4, 0.5) is 5.69 Å². The van der Waals surface area contributed by atoms with Gasteiger partial charge in [0.2, 0.25) is 0 Å². The molecule has 0 aliphatic rings. The number of methoxy groups -OCH3 is 2. The van der Waals surface area contributed by atoms with Crippen molar-refractivity contribution in [2.24, 2.45) is 0 Å². The van der Waals surface area contributed by atoms with E-state index in [-0.39, 0.29) is 32.3 Å². The van der Waals surface area contributed by atoms with Crippen LogP contribution in [-0.2, 0) is 26.1 Å². The molecule has 0 bridgehead atoms. The third-order valence-corrected chi connectivity index (χ3v) is 5.57. The molecule has 0 saturated heterocycles. The second-order valence-electron chi connectivity index (χ2n) is 5.24. The lowest BCUT2D eigenvalue weighted by Crippen LogP contribution is -2.16. The first-order valence-electron chi connectivity index (χ1n) is 7.47. The first-order chi connectivity index (χ1) is 12.7. The van der Waals surface area contributed by atoms with Gasteiger partial charge in [0.1, 0.15) is 4.90 Å². The summed E-state index contributed by atoms with van der Waals surface area (Å²) in [6.07, 6.45) is 0. The molecule has 0 aliphatic heterocycles. The Bertz CT molecular complexity index is 989. The molecule has 0 unspecified atom stereocenters. The number of sulfonamides is 1. The molecular formula is C17H16ClNO7S. The average Bonchev–Trinajstić information content (AvgIpc) is 2.66. The minimum atomic E-state index is -4.13. The molecule has 0 aromatic heterocycles. The average molecular weight is 414 g/mol. The Morgan fingerprint density at radius 1 is 1.07 bits per heavy atom. The number of aliphatic hydroxyl groups excluding tert-OH is 1. The zero-order chi connectivity index (χ0) is 20.2. The van der Waals surface area contributed by atoms with Gasteiger partial charge in [-0.05, 0) is 29.8 Å². The number of ether oxygens (including phenoxy) is 2. The van der Waals surface area contributed by atoms with Crippen LogP contribution in [0.3, 0.4) is 0 Å². The summed E-state index contributed by atoms with van der Waals surface area (Å²) < 4.78 is 36.8. The molecule has 0 radical (unpaired) electrons. The Balaban J connectivity index is 2.48. The molecule has 8 nitrogen and oxygen atoms in total. The number of rotatable bonds is 6. The Kier molecular flexibility index (Phi) is 6.42. The van der Waals surface area contributed by atoms with Crippen LogP contribution in [0.15, 0.2) is 41.3 Å². The number of aliphatic hydroxyl groups is 1. The molecule has 0 atom stereocenters. The first-order valence-corrected chi connectivity index (χ1v) is 9.33. The SMILES string of the molecule is COC(=O)c1ccc(NS(=O)(=O)c2cccc(CO)c2Cl)cc1C(=O)OC. The first kappa shape index (κ1) is 20.7. The molecule has 2 N–H and O–H groups in total. The molecule has 0 fully saturated rings. The van der Waals surface area contributed by atoms with Crippen molar-refractivity contribution in [3.63, 3.8) is 0 Å². The number of benzene rings is 2. The number of halogens is 1. The number of carbonyl (C=O) groups excluding carboxylic acids is 2. The van der Waals surface area contributed by atoms with Crippen molar-refractivity contribution in [1.82, 2.24) is 0 Å². The topological polar surface area (TPSA) is 119 Å². The third kappa shape index (κ3) is 4.38. The van der Waals surface area contributed by atoms with Gasteiger partial charge in [-0.25, -0.2) is 18.0 Å². The number of nitrogens with one attached hydrogen (secondary N) is 1. The van der Waals surface area contributed by atoms with Gasteiger partial charge in [-0.1, -0.05) is 23.7 Å². The normalized spacial score (nSPS) is 11.0. The summed E-state index contributed by atoms with van der Waals surface area (Å²) >= 11 is 6.03. The van der Waals surface area contributed by atoms with Gasteiger partial charge in [-0.3, -0.25) is 4.72 Å². The molecule has 144 valence electrons. The predicted octanol–water partition coefficient (Wildman–Crippen LogP) is 2.21. The van der Waals surface area contributed by atoms with E-state index in [1.807, 2.05) is 0 Å². The van der Waals surface area contributed by atoms with Gasteiger partial charge in [-0.15, -0.1) is 0 Å². The molecule has 2 aromatic carbocycles. The molecule has 0 aliphatic carbocycles. The van der Waals surface area contributed by atoms with Crippen LogP contribution in [-0.4, -0.2) is 39.7 Å². The van der Waals surface area contributed by atoms with Crippen molar-refractivity contribution in [2.75, 3.05) is 18.9 Å².